The van der Waals surface area contributed by atoms with E-state index in [0.717, 1.165) is 24.8 Å². The van der Waals surface area contributed by atoms with E-state index in [9.17, 15) is 4.79 Å². The van der Waals surface area contributed by atoms with Crippen LogP contribution in [0.4, 0.5) is 0 Å². The largest absolute Gasteiger partial charge is 0.381 e. The van der Waals surface area contributed by atoms with E-state index in [-0.39, 0.29) is 0 Å². The van der Waals surface area contributed by atoms with E-state index in [4.69, 9.17) is 9.47 Å². The molecule has 0 saturated carbocycles. The Bertz CT molecular complexity index is 423. The first-order chi connectivity index (χ1) is 8.70. The van der Waals surface area contributed by atoms with Crippen LogP contribution in [0, 0.1) is 6.92 Å². The van der Waals surface area contributed by atoms with Crippen molar-refractivity contribution in [1.29, 1.82) is 0 Å². The molecule has 1 saturated heterocycles. The summed E-state index contributed by atoms with van der Waals surface area (Å²) in [6.45, 7) is 5.67. The minimum atomic E-state index is -0.503. The summed E-state index contributed by atoms with van der Waals surface area (Å²) in [4.78, 5) is 19.7. The van der Waals surface area contributed by atoms with Crippen LogP contribution in [0.15, 0.2) is 6.07 Å². The summed E-state index contributed by atoms with van der Waals surface area (Å²) in [5.74, 6) is 0.606. The van der Waals surface area contributed by atoms with Gasteiger partial charge in [-0.15, -0.1) is 0 Å². The van der Waals surface area contributed by atoms with Crippen molar-refractivity contribution in [3.63, 3.8) is 0 Å². The van der Waals surface area contributed by atoms with Crippen molar-refractivity contribution in [3.8, 4) is 0 Å². The first-order valence-electron chi connectivity index (χ1n) is 6.23. The van der Waals surface area contributed by atoms with Gasteiger partial charge in [-0.1, -0.05) is 0 Å². The molecule has 0 N–H and O–H groups in total. The van der Waals surface area contributed by atoms with Crippen molar-refractivity contribution in [3.05, 3.63) is 23.3 Å². The van der Waals surface area contributed by atoms with E-state index in [1.54, 1.807) is 6.07 Å². The number of hydrogen-bond donors (Lipinski definition) is 0. The Morgan fingerprint density at radius 1 is 1.44 bits per heavy atom. The molecule has 1 aromatic heterocycles. The molecule has 5 heteroatoms. The zero-order chi connectivity index (χ0) is 13.0. The van der Waals surface area contributed by atoms with Crippen molar-refractivity contribution in [1.82, 2.24) is 9.97 Å². The summed E-state index contributed by atoms with van der Waals surface area (Å²) in [5, 5.41) is 0. The topological polar surface area (TPSA) is 61.3 Å². The average molecular weight is 250 g/mol. The van der Waals surface area contributed by atoms with Gasteiger partial charge >= 0.3 is 0 Å². The van der Waals surface area contributed by atoms with Crippen molar-refractivity contribution in [2.24, 2.45) is 0 Å². The molecule has 0 aliphatic carbocycles. The molecule has 1 aliphatic rings. The Hall–Kier alpha value is -1.33. The molecule has 0 spiro atoms. The lowest BCUT2D eigenvalue weighted by Crippen LogP contribution is -2.38. The van der Waals surface area contributed by atoms with Gasteiger partial charge in [0.1, 0.15) is 11.3 Å². The van der Waals surface area contributed by atoms with E-state index in [1.165, 1.54) is 0 Å². The second kappa shape index (κ2) is 5.54. The fraction of sp³-hybridized carbons (Fsp3) is 0.615. The lowest BCUT2D eigenvalue weighted by Gasteiger charge is -2.35. The molecule has 0 bridgehead atoms. The minimum absolute atomic E-state index is 0.406. The standard InChI is InChI=1S/C13H18N2O3/c1-3-18-13(4-6-17-7-5-13)12-14-10(2)8-11(9-16)15-12/h8-9H,3-7H2,1-2H3. The quantitative estimate of drug-likeness (QED) is 0.760. The number of ether oxygens (including phenoxy) is 2. The zero-order valence-electron chi connectivity index (χ0n) is 10.8. The van der Waals surface area contributed by atoms with Crippen LogP contribution in [0.25, 0.3) is 0 Å². The average Bonchev–Trinajstić information content (AvgIpc) is 2.39. The molecule has 18 heavy (non-hydrogen) atoms. The first-order valence-corrected chi connectivity index (χ1v) is 6.23. The van der Waals surface area contributed by atoms with Crippen molar-refractivity contribution in [2.45, 2.75) is 32.3 Å². The first kappa shape index (κ1) is 13.1. The van der Waals surface area contributed by atoms with Crippen molar-refractivity contribution >= 4 is 6.29 Å². The Kier molecular flexibility index (Phi) is 4.04. The molecule has 5 nitrogen and oxygen atoms in total. The third-order valence-corrected chi connectivity index (χ3v) is 3.12. The van der Waals surface area contributed by atoms with Crippen LogP contribution in [0.3, 0.4) is 0 Å². The van der Waals surface area contributed by atoms with Crippen LogP contribution in [0.2, 0.25) is 0 Å². The molecule has 1 fully saturated rings. The Morgan fingerprint density at radius 3 is 2.78 bits per heavy atom. The highest BCUT2D eigenvalue weighted by molar-refractivity contribution is 5.71. The molecular weight excluding hydrogens is 232 g/mol. The fourth-order valence-corrected chi connectivity index (χ4v) is 2.27. The maximum Gasteiger partial charge on any atom is 0.168 e. The Labute approximate surface area is 107 Å². The summed E-state index contributed by atoms with van der Waals surface area (Å²) >= 11 is 0. The fourth-order valence-electron chi connectivity index (χ4n) is 2.27. The molecule has 0 atom stereocenters. The van der Waals surface area contributed by atoms with Crippen LogP contribution in [-0.4, -0.2) is 36.1 Å². The molecule has 0 aromatic carbocycles. The minimum Gasteiger partial charge on any atom is -0.381 e. The second-order valence-corrected chi connectivity index (χ2v) is 4.42. The van der Waals surface area contributed by atoms with Crippen LogP contribution in [-0.2, 0) is 15.1 Å². The van der Waals surface area contributed by atoms with Gasteiger partial charge in [-0.3, -0.25) is 4.79 Å². The van der Waals surface area contributed by atoms with Crippen LogP contribution in [0.5, 0.6) is 0 Å². The summed E-state index contributed by atoms with van der Waals surface area (Å²) < 4.78 is 11.3. The van der Waals surface area contributed by atoms with E-state index in [1.807, 2.05) is 13.8 Å². The third kappa shape index (κ3) is 2.57. The predicted molar refractivity (Wildman–Crippen MR) is 65.5 cm³/mol. The van der Waals surface area contributed by atoms with Gasteiger partial charge in [0.25, 0.3) is 0 Å². The number of nitrogens with zero attached hydrogens (tertiary/aromatic N) is 2. The SMILES string of the molecule is CCOC1(c2nc(C)cc(C=O)n2)CCOCC1. The molecule has 1 aliphatic heterocycles. The van der Waals surface area contributed by atoms with E-state index < -0.39 is 5.60 Å². The molecule has 0 radical (unpaired) electrons. The summed E-state index contributed by atoms with van der Waals surface area (Å²) in [5.41, 5.74) is 0.687. The van der Waals surface area contributed by atoms with Gasteiger partial charge in [-0.25, -0.2) is 9.97 Å². The molecule has 2 heterocycles. The van der Waals surface area contributed by atoms with Gasteiger partial charge in [0.15, 0.2) is 12.1 Å². The van der Waals surface area contributed by atoms with Gasteiger partial charge in [-0.05, 0) is 19.9 Å². The van der Waals surface area contributed by atoms with Crippen LogP contribution >= 0.6 is 0 Å². The number of hydrogen-bond acceptors (Lipinski definition) is 5. The number of aryl methyl sites for hydroxylation is 1. The molecular formula is C13H18N2O3. The van der Waals surface area contributed by atoms with Gasteiger partial charge in [0, 0.05) is 38.4 Å². The third-order valence-electron chi connectivity index (χ3n) is 3.12. The van der Waals surface area contributed by atoms with Crippen molar-refractivity contribution in [2.75, 3.05) is 19.8 Å². The summed E-state index contributed by atoms with van der Waals surface area (Å²) in [7, 11) is 0. The zero-order valence-corrected chi connectivity index (χ0v) is 10.8. The molecule has 98 valence electrons. The second-order valence-electron chi connectivity index (χ2n) is 4.42. The monoisotopic (exact) mass is 250 g/mol. The number of aromatic nitrogens is 2. The van der Waals surface area contributed by atoms with E-state index in [2.05, 4.69) is 9.97 Å². The van der Waals surface area contributed by atoms with E-state index >= 15 is 0 Å². The number of rotatable bonds is 4. The Morgan fingerprint density at radius 2 is 2.17 bits per heavy atom. The van der Waals surface area contributed by atoms with Gasteiger partial charge in [0.05, 0.1) is 0 Å². The van der Waals surface area contributed by atoms with Crippen molar-refractivity contribution < 1.29 is 14.3 Å². The summed E-state index contributed by atoms with van der Waals surface area (Å²) in [6.07, 6.45) is 2.20. The highest BCUT2D eigenvalue weighted by atomic mass is 16.5. The molecule has 0 unspecified atom stereocenters. The van der Waals surface area contributed by atoms with Crippen LogP contribution < -0.4 is 0 Å². The lowest BCUT2D eigenvalue weighted by molar-refractivity contribution is -0.118. The molecule has 2 rings (SSSR count). The normalized spacial score (nSPS) is 18.6. The highest BCUT2D eigenvalue weighted by Crippen LogP contribution is 2.34. The summed E-state index contributed by atoms with van der Waals surface area (Å²) in [6, 6.07) is 1.68. The molecule has 1 aromatic rings. The van der Waals surface area contributed by atoms with Gasteiger partial charge in [-0.2, -0.15) is 0 Å². The predicted octanol–water partition coefficient (Wildman–Crippen LogP) is 1.64. The maximum atomic E-state index is 10.9. The Balaban J connectivity index is 2.40. The van der Waals surface area contributed by atoms with E-state index in [0.29, 0.717) is 31.3 Å². The lowest BCUT2D eigenvalue weighted by atomic mass is 9.92. The number of carbonyl (C=O) groups is 1. The molecule has 0 amide bonds. The van der Waals surface area contributed by atoms with Gasteiger partial charge < -0.3 is 9.47 Å². The number of carbonyl (C=O) groups excluding carboxylic acids is 1. The smallest absolute Gasteiger partial charge is 0.168 e. The van der Waals surface area contributed by atoms with Crippen LogP contribution in [0.1, 0.15) is 41.8 Å². The van der Waals surface area contributed by atoms with Gasteiger partial charge in [0.2, 0.25) is 0 Å². The number of aldehydes is 1. The maximum absolute atomic E-state index is 10.9. The highest BCUT2D eigenvalue weighted by Gasteiger charge is 2.38.